The van der Waals surface area contributed by atoms with E-state index in [1.165, 1.54) is 7.11 Å². The van der Waals surface area contributed by atoms with E-state index >= 15 is 0 Å². The van der Waals surface area contributed by atoms with Crippen LogP contribution in [0.3, 0.4) is 0 Å². The van der Waals surface area contributed by atoms with Crippen LogP contribution in [-0.4, -0.2) is 25.7 Å². The molecule has 0 saturated heterocycles. The molecule has 0 spiro atoms. The zero-order valence-corrected chi connectivity index (χ0v) is 14.0. The Balaban J connectivity index is 1.99. The zero-order valence-electron chi connectivity index (χ0n) is 13.3. The Labute approximate surface area is 144 Å². The van der Waals surface area contributed by atoms with Gasteiger partial charge in [-0.2, -0.15) is 0 Å². The summed E-state index contributed by atoms with van der Waals surface area (Å²) in [5.74, 6) is 0.0223. The molecule has 2 amide bonds. The molecule has 0 aliphatic heterocycles. The predicted molar refractivity (Wildman–Crippen MR) is 92.8 cm³/mol. The molecule has 0 fully saturated rings. The Morgan fingerprint density at radius 1 is 1.08 bits per heavy atom. The lowest BCUT2D eigenvalue weighted by Crippen LogP contribution is -2.21. The number of halogens is 1. The fraction of sp³-hybridized carbons (Fsp3) is 0.176. The van der Waals surface area contributed by atoms with Gasteiger partial charge < -0.3 is 14.8 Å². The molecule has 0 aromatic heterocycles. The lowest BCUT2D eigenvalue weighted by molar-refractivity contribution is -0.118. The molecule has 2 rings (SSSR count). The lowest BCUT2D eigenvalue weighted by Gasteiger charge is -2.13. The van der Waals surface area contributed by atoms with Gasteiger partial charge in [-0.1, -0.05) is 29.8 Å². The van der Waals surface area contributed by atoms with Crippen LogP contribution < -0.4 is 15.4 Å². The second-order valence-electron chi connectivity index (χ2n) is 4.91. The number of hydrogen-bond donors (Lipinski definition) is 2. The van der Waals surface area contributed by atoms with E-state index in [1.54, 1.807) is 36.4 Å². The van der Waals surface area contributed by atoms with Crippen molar-refractivity contribution in [3.63, 3.8) is 0 Å². The number of anilines is 2. The van der Waals surface area contributed by atoms with Crippen molar-refractivity contribution in [3.8, 4) is 5.75 Å². The normalized spacial score (nSPS) is 9.96. The highest BCUT2D eigenvalue weighted by Gasteiger charge is 2.10. The first-order chi connectivity index (χ1) is 11.5. The number of hydrogen-bond acceptors (Lipinski definition) is 4. The lowest BCUT2D eigenvalue weighted by atomic mass is 10.2. The van der Waals surface area contributed by atoms with Gasteiger partial charge in [0.15, 0.2) is 6.61 Å². The van der Waals surface area contributed by atoms with Crippen molar-refractivity contribution in [2.24, 2.45) is 0 Å². The minimum Gasteiger partial charge on any atom is -0.482 e. The topological polar surface area (TPSA) is 76.7 Å². The van der Waals surface area contributed by atoms with Crippen molar-refractivity contribution in [1.29, 1.82) is 0 Å². The minimum absolute atomic E-state index is 0.216. The van der Waals surface area contributed by atoms with Crippen LogP contribution in [0.15, 0.2) is 42.5 Å². The van der Waals surface area contributed by atoms with Crippen LogP contribution in [-0.2, 0) is 9.53 Å². The summed E-state index contributed by atoms with van der Waals surface area (Å²) in [4.78, 5) is 23.3. The third-order valence-electron chi connectivity index (χ3n) is 3.14. The highest BCUT2D eigenvalue weighted by Crippen LogP contribution is 2.24. The van der Waals surface area contributed by atoms with E-state index in [0.29, 0.717) is 22.1 Å². The van der Waals surface area contributed by atoms with Gasteiger partial charge in [0, 0.05) is 10.7 Å². The Morgan fingerprint density at radius 3 is 2.58 bits per heavy atom. The van der Waals surface area contributed by atoms with Gasteiger partial charge in [0.1, 0.15) is 5.75 Å². The van der Waals surface area contributed by atoms with Crippen molar-refractivity contribution in [1.82, 2.24) is 0 Å². The number of carbonyl (C=O) groups excluding carboxylic acids is 2. The molecular weight excluding hydrogens is 332 g/mol. The van der Waals surface area contributed by atoms with Gasteiger partial charge in [-0.05, 0) is 36.8 Å². The maximum atomic E-state index is 12.0. The van der Waals surface area contributed by atoms with Crippen molar-refractivity contribution < 1.29 is 19.1 Å². The SMILES string of the molecule is COC(=O)Nc1ccccc1OCC(=O)Nc1cc(Cl)ccc1C. The highest BCUT2D eigenvalue weighted by atomic mass is 35.5. The number of methoxy groups -OCH3 is 1. The average molecular weight is 349 g/mol. The van der Waals surface area contributed by atoms with Crippen molar-refractivity contribution in [2.45, 2.75) is 6.92 Å². The first-order valence-corrected chi connectivity index (χ1v) is 7.50. The predicted octanol–water partition coefficient (Wildman–Crippen LogP) is 3.84. The Hall–Kier alpha value is -2.73. The van der Waals surface area contributed by atoms with Crippen LogP contribution in [0, 0.1) is 6.92 Å². The second kappa shape index (κ2) is 8.21. The quantitative estimate of drug-likeness (QED) is 0.860. The molecule has 2 N–H and O–H groups in total. The summed E-state index contributed by atoms with van der Waals surface area (Å²) in [5.41, 5.74) is 1.92. The third kappa shape index (κ3) is 4.89. The van der Waals surface area contributed by atoms with E-state index in [2.05, 4.69) is 15.4 Å². The summed E-state index contributed by atoms with van der Waals surface area (Å²) in [6, 6.07) is 12.0. The van der Waals surface area contributed by atoms with E-state index in [0.717, 1.165) is 5.56 Å². The van der Waals surface area contributed by atoms with Gasteiger partial charge >= 0.3 is 6.09 Å². The standard InChI is InChI=1S/C17H17ClN2O4/c1-11-7-8-12(18)9-14(11)19-16(21)10-24-15-6-4-3-5-13(15)20-17(22)23-2/h3-9H,10H2,1-2H3,(H,19,21)(H,20,22). The van der Waals surface area contributed by atoms with E-state index < -0.39 is 6.09 Å². The fourth-order valence-corrected chi connectivity index (χ4v) is 2.09. The van der Waals surface area contributed by atoms with Crippen LogP contribution in [0.1, 0.15) is 5.56 Å². The molecule has 24 heavy (non-hydrogen) atoms. The maximum Gasteiger partial charge on any atom is 0.411 e. The smallest absolute Gasteiger partial charge is 0.411 e. The largest absolute Gasteiger partial charge is 0.482 e. The number of nitrogens with one attached hydrogen (secondary N) is 2. The maximum absolute atomic E-state index is 12.0. The zero-order chi connectivity index (χ0) is 17.5. The van der Waals surface area contributed by atoms with Gasteiger partial charge in [0.25, 0.3) is 5.91 Å². The molecule has 0 radical (unpaired) electrons. The number of ether oxygens (including phenoxy) is 2. The number of amides is 2. The van der Waals surface area contributed by atoms with Crippen molar-refractivity contribution in [3.05, 3.63) is 53.1 Å². The molecule has 6 nitrogen and oxygen atoms in total. The van der Waals surface area contributed by atoms with E-state index in [1.807, 2.05) is 13.0 Å². The van der Waals surface area contributed by atoms with Crippen molar-refractivity contribution in [2.75, 3.05) is 24.4 Å². The number of aryl methyl sites for hydroxylation is 1. The molecule has 2 aromatic rings. The molecule has 0 heterocycles. The van der Waals surface area contributed by atoms with Crippen LogP contribution in [0.5, 0.6) is 5.75 Å². The molecule has 7 heteroatoms. The fourth-order valence-electron chi connectivity index (χ4n) is 1.92. The van der Waals surface area contributed by atoms with E-state index in [9.17, 15) is 9.59 Å². The molecular formula is C17H17ClN2O4. The van der Waals surface area contributed by atoms with Crippen LogP contribution in [0.4, 0.5) is 16.2 Å². The summed E-state index contributed by atoms with van der Waals surface area (Å²) in [6.45, 7) is 1.65. The van der Waals surface area contributed by atoms with Crippen LogP contribution >= 0.6 is 11.6 Å². The Morgan fingerprint density at radius 2 is 1.83 bits per heavy atom. The molecule has 126 valence electrons. The summed E-state index contributed by atoms with van der Waals surface area (Å²) < 4.78 is 10.0. The molecule has 0 bridgehead atoms. The van der Waals surface area contributed by atoms with Crippen LogP contribution in [0.25, 0.3) is 0 Å². The van der Waals surface area contributed by atoms with Crippen LogP contribution in [0.2, 0.25) is 5.02 Å². The number of carbonyl (C=O) groups is 2. The average Bonchev–Trinajstić information content (AvgIpc) is 2.57. The summed E-state index contributed by atoms with van der Waals surface area (Å²) in [7, 11) is 1.26. The molecule has 0 aliphatic carbocycles. The summed E-state index contributed by atoms with van der Waals surface area (Å²) >= 11 is 5.92. The number of rotatable bonds is 5. The van der Waals surface area contributed by atoms with Gasteiger partial charge in [-0.25, -0.2) is 4.79 Å². The van der Waals surface area contributed by atoms with Gasteiger partial charge in [-0.15, -0.1) is 0 Å². The highest BCUT2D eigenvalue weighted by molar-refractivity contribution is 6.31. The summed E-state index contributed by atoms with van der Waals surface area (Å²) in [6.07, 6.45) is -0.620. The molecule has 0 saturated carbocycles. The van der Waals surface area contributed by atoms with E-state index in [-0.39, 0.29) is 12.5 Å². The molecule has 2 aromatic carbocycles. The van der Waals surface area contributed by atoms with Gasteiger partial charge in [0.05, 0.1) is 12.8 Å². The molecule has 0 atom stereocenters. The van der Waals surface area contributed by atoms with Gasteiger partial charge in [-0.3, -0.25) is 10.1 Å². The second-order valence-corrected chi connectivity index (χ2v) is 5.35. The first kappa shape index (κ1) is 17.6. The molecule has 0 unspecified atom stereocenters. The third-order valence-corrected chi connectivity index (χ3v) is 3.38. The Bertz CT molecular complexity index is 749. The molecule has 0 aliphatic rings. The van der Waals surface area contributed by atoms with Crippen molar-refractivity contribution >= 4 is 35.0 Å². The van der Waals surface area contributed by atoms with E-state index in [4.69, 9.17) is 16.3 Å². The van der Waals surface area contributed by atoms with Gasteiger partial charge in [0.2, 0.25) is 0 Å². The number of benzene rings is 2. The first-order valence-electron chi connectivity index (χ1n) is 7.12. The minimum atomic E-state index is -0.620. The summed E-state index contributed by atoms with van der Waals surface area (Å²) in [5, 5.41) is 5.78. The monoisotopic (exact) mass is 348 g/mol. The Kier molecular flexibility index (Phi) is 6.03. The number of para-hydroxylation sites is 2.